The van der Waals surface area contributed by atoms with E-state index in [4.69, 9.17) is 9.47 Å². The largest absolute Gasteiger partial charge is 0.497 e. The molecule has 0 aliphatic carbocycles. The number of aromatic nitrogens is 2. The zero-order valence-electron chi connectivity index (χ0n) is 23.6. The average molecular weight is 558 g/mol. The van der Waals surface area contributed by atoms with Crippen LogP contribution in [-0.2, 0) is 10.0 Å². The van der Waals surface area contributed by atoms with Crippen LogP contribution in [0.15, 0.2) is 29.3 Å². The van der Waals surface area contributed by atoms with Gasteiger partial charge in [0.05, 0.1) is 18.0 Å². The van der Waals surface area contributed by atoms with Gasteiger partial charge < -0.3 is 19.3 Å². The first-order chi connectivity index (χ1) is 18.8. The van der Waals surface area contributed by atoms with E-state index in [0.717, 1.165) is 37.7 Å². The van der Waals surface area contributed by atoms with Crippen molar-refractivity contribution in [1.82, 2.24) is 19.2 Å². The van der Waals surface area contributed by atoms with Gasteiger partial charge in [-0.15, -0.1) is 0 Å². The van der Waals surface area contributed by atoms with E-state index in [1.807, 2.05) is 19.9 Å². The molecule has 39 heavy (non-hydrogen) atoms. The lowest BCUT2D eigenvalue weighted by molar-refractivity contribution is 0.218. The molecule has 0 spiro atoms. The van der Waals surface area contributed by atoms with Gasteiger partial charge in [0.15, 0.2) is 0 Å². The van der Waals surface area contributed by atoms with Gasteiger partial charge in [0.1, 0.15) is 18.2 Å². The number of methoxy groups -OCH3 is 1. The maximum absolute atomic E-state index is 13.7. The third-order valence-electron chi connectivity index (χ3n) is 8.57. The molecule has 3 aliphatic rings. The predicted octanol–water partition coefficient (Wildman–Crippen LogP) is 4.04. The fourth-order valence-electron chi connectivity index (χ4n) is 6.42. The second kappa shape index (κ2) is 12.4. The number of nitrogens with zero attached hydrogens (tertiary/aromatic N) is 5. The van der Waals surface area contributed by atoms with E-state index in [-0.39, 0.29) is 12.6 Å². The van der Waals surface area contributed by atoms with E-state index in [1.54, 1.807) is 29.7 Å². The fourth-order valence-corrected chi connectivity index (χ4v) is 8.51. The molecule has 0 unspecified atom stereocenters. The molecule has 4 heterocycles. The van der Waals surface area contributed by atoms with Crippen LogP contribution in [0.2, 0.25) is 0 Å². The number of sulfonamides is 1. The second-order valence-corrected chi connectivity index (χ2v) is 13.1. The van der Waals surface area contributed by atoms with Gasteiger partial charge >= 0.3 is 6.01 Å². The van der Waals surface area contributed by atoms with Crippen LogP contribution in [0, 0.1) is 19.8 Å². The van der Waals surface area contributed by atoms with Crippen molar-refractivity contribution < 1.29 is 17.9 Å². The van der Waals surface area contributed by atoms with Gasteiger partial charge in [0.2, 0.25) is 10.0 Å². The third kappa shape index (κ3) is 6.49. The van der Waals surface area contributed by atoms with Gasteiger partial charge in [-0.1, -0.05) is 0 Å². The molecule has 3 fully saturated rings. The summed E-state index contributed by atoms with van der Waals surface area (Å²) in [5, 5.41) is 0. The van der Waals surface area contributed by atoms with E-state index in [9.17, 15) is 8.42 Å². The van der Waals surface area contributed by atoms with Gasteiger partial charge in [-0.25, -0.2) is 13.4 Å². The van der Waals surface area contributed by atoms with Crippen LogP contribution in [0.4, 0.5) is 5.82 Å². The number of piperidine rings is 1. The lowest BCUT2D eigenvalue weighted by Crippen LogP contribution is -2.39. The van der Waals surface area contributed by atoms with Crippen LogP contribution in [0.25, 0.3) is 0 Å². The Hall–Kier alpha value is -2.43. The Morgan fingerprint density at radius 3 is 2.38 bits per heavy atom. The fraction of sp³-hybridized carbons (Fsp3) is 0.655. The van der Waals surface area contributed by atoms with E-state index >= 15 is 0 Å². The van der Waals surface area contributed by atoms with Crippen molar-refractivity contribution in [2.24, 2.45) is 5.92 Å². The summed E-state index contributed by atoms with van der Waals surface area (Å²) < 4.78 is 40.3. The van der Waals surface area contributed by atoms with Crippen LogP contribution >= 0.6 is 0 Å². The van der Waals surface area contributed by atoms with E-state index in [2.05, 4.69) is 19.8 Å². The van der Waals surface area contributed by atoms with E-state index < -0.39 is 10.0 Å². The summed E-state index contributed by atoms with van der Waals surface area (Å²) in [5.74, 6) is 2.33. The van der Waals surface area contributed by atoms with Crippen LogP contribution in [-0.4, -0.2) is 86.6 Å². The Labute approximate surface area is 233 Å². The lowest BCUT2D eigenvalue weighted by atomic mass is 9.93. The molecule has 1 aromatic carbocycles. The minimum Gasteiger partial charge on any atom is -0.497 e. The maximum Gasteiger partial charge on any atom is 0.318 e. The minimum atomic E-state index is -3.67. The minimum absolute atomic E-state index is 0.232. The van der Waals surface area contributed by atoms with Gasteiger partial charge in [-0.05, 0) is 114 Å². The first-order valence-electron chi connectivity index (χ1n) is 14.5. The maximum atomic E-state index is 13.7. The molecular formula is C29H43N5O4S. The van der Waals surface area contributed by atoms with Crippen molar-refractivity contribution in [3.05, 3.63) is 35.5 Å². The summed E-state index contributed by atoms with van der Waals surface area (Å²) in [7, 11) is -2.08. The molecule has 1 atom stereocenters. The Morgan fingerprint density at radius 2 is 1.69 bits per heavy atom. The highest BCUT2D eigenvalue weighted by Gasteiger charge is 2.37. The lowest BCUT2D eigenvalue weighted by Gasteiger charge is -2.33. The third-order valence-corrected chi connectivity index (χ3v) is 10.8. The number of hydrogen-bond acceptors (Lipinski definition) is 8. The molecule has 214 valence electrons. The SMILES string of the molecule is COc1cc(C)c(S(=O)(=O)N2CCC[C@H]2COc2nccc(N3CCC(CCN4CCCC4)CC3)n2)c(C)c1. The van der Waals surface area contributed by atoms with Crippen molar-refractivity contribution >= 4 is 15.8 Å². The predicted molar refractivity (Wildman–Crippen MR) is 152 cm³/mol. The summed E-state index contributed by atoms with van der Waals surface area (Å²) in [6.07, 6.45) is 9.67. The van der Waals surface area contributed by atoms with Crippen LogP contribution < -0.4 is 14.4 Å². The smallest absolute Gasteiger partial charge is 0.318 e. The summed E-state index contributed by atoms with van der Waals surface area (Å²) in [5.41, 5.74) is 1.38. The first-order valence-corrected chi connectivity index (χ1v) is 15.9. The highest BCUT2D eigenvalue weighted by molar-refractivity contribution is 7.89. The van der Waals surface area contributed by atoms with E-state index in [0.29, 0.717) is 34.3 Å². The molecule has 0 radical (unpaired) electrons. The molecule has 2 aromatic rings. The molecule has 1 aromatic heterocycles. The van der Waals surface area contributed by atoms with Gasteiger partial charge in [-0.3, -0.25) is 0 Å². The number of likely N-dealkylation sites (tertiary alicyclic amines) is 1. The van der Waals surface area contributed by atoms with Crippen molar-refractivity contribution in [2.45, 2.75) is 69.7 Å². The number of hydrogen-bond donors (Lipinski definition) is 0. The van der Waals surface area contributed by atoms with Gasteiger partial charge in [0, 0.05) is 25.8 Å². The monoisotopic (exact) mass is 557 g/mol. The summed E-state index contributed by atoms with van der Waals surface area (Å²) in [4.78, 5) is 14.3. The Balaban J connectivity index is 1.17. The Kier molecular flexibility index (Phi) is 8.93. The number of aryl methyl sites for hydroxylation is 2. The summed E-state index contributed by atoms with van der Waals surface area (Å²) >= 11 is 0. The molecule has 3 saturated heterocycles. The Morgan fingerprint density at radius 1 is 0.974 bits per heavy atom. The molecule has 0 saturated carbocycles. The van der Waals surface area contributed by atoms with Crippen molar-refractivity contribution in [3.63, 3.8) is 0 Å². The van der Waals surface area contributed by atoms with Crippen LogP contribution in [0.3, 0.4) is 0 Å². The quantitative estimate of drug-likeness (QED) is 0.433. The Bertz CT molecular complexity index is 1200. The molecule has 0 bridgehead atoms. The molecule has 5 rings (SSSR count). The molecule has 10 heteroatoms. The van der Waals surface area contributed by atoms with Gasteiger partial charge in [-0.2, -0.15) is 9.29 Å². The number of anilines is 1. The summed E-state index contributed by atoms with van der Waals surface area (Å²) in [6.45, 7) is 10.1. The van der Waals surface area contributed by atoms with Gasteiger partial charge in [0.25, 0.3) is 0 Å². The zero-order valence-corrected chi connectivity index (χ0v) is 24.5. The zero-order chi connectivity index (χ0) is 27.4. The number of benzene rings is 1. The topological polar surface area (TPSA) is 88.1 Å². The average Bonchev–Trinajstić information content (AvgIpc) is 3.63. The molecule has 0 amide bonds. The second-order valence-electron chi connectivity index (χ2n) is 11.3. The molecule has 9 nitrogen and oxygen atoms in total. The van der Waals surface area contributed by atoms with Crippen LogP contribution in [0.5, 0.6) is 11.8 Å². The highest BCUT2D eigenvalue weighted by Crippen LogP contribution is 2.32. The molecule has 0 N–H and O–H groups in total. The standard InChI is InChI=1S/C29H43N5O4S/c1-22-19-26(37-3)20-23(2)28(22)39(35,36)34-15-6-7-25(34)21-38-29-30-12-8-27(31-29)33-17-10-24(11-18-33)9-16-32-13-4-5-14-32/h8,12,19-20,24-25H,4-7,9-11,13-18,21H2,1-3H3/t25-/m0/s1. The van der Waals surface area contributed by atoms with E-state index in [1.165, 1.54) is 51.7 Å². The van der Waals surface area contributed by atoms with Crippen molar-refractivity contribution in [2.75, 3.05) is 57.9 Å². The first kappa shape index (κ1) is 28.1. The van der Waals surface area contributed by atoms with Crippen molar-refractivity contribution in [3.8, 4) is 11.8 Å². The summed E-state index contributed by atoms with van der Waals surface area (Å²) in [6, 6.07) is 5.55. The van der Waals surface area contributed by atoms with Crippen molar-refractivity contribution in [1.29, 1.82) is 0 Å². The highest BCUT2D eigenvalue weighted by atomic mass is 32.2. The normalized spacial score (nSPS) is 21.5. The number of ether oxygens (including phenoxy) is 2. The number of rotatable bonds is 10. The molecule has 3 aliphatic heterocycles. The van der Waals surface area contributed by atoms with Crippen LogP contribution in [0.1, 0.15) is 56.1 Å². The molecular weight excluding hydrogens is 514 g/mol.